The van der Waals surface area contributed by atoms with Crippen LogP contribution in [0.3, 0.4) is 0 Å². The highest BCUT2D eigenvalue weighted by Crippen LogP contribution is 2.00. The van der Waals surface area contributed by atoms with Crippen LogP contribution >= 0.6 is 0 Å². The Balaban J connectivity index is 3.78. The molecule has 0 aromatic carbocycles. The fraction of sp³-hybridized carbons (Fsp3) is 0.900. The van der Waals surface area contributed by atoms with Crippen molar-refractivity contribution in [2.45, 2.75) is 33.6 Å². The fourth-order valence-corrected chi connectivity index (χ4v) is 1.02. The summed E-state index contributed by atoms with van der Waals surface area (Å²) < 4.78 is 0. The summed E-state index contributed by atoms with van der Waals surface area (Å²) in [7, 11) is 4.11. The number of amidine groups is 1. The minimum absolute atomic E-state index is 0.758. The van der Waals surface area contributed by atoms with Gasteiger partial charge in [-0.25, -0.2) is 0 Å². The lowest BCUT2D eigenvalue weighted by molar-refractivity contribution is 0.574. The smallest absolute Gasteiger partial charge is 0.0980 e. The number of rotatable bonds is 4. The van der Waals surface area contributed by atoms with Crippen molar-refractivity contribution in [2.24, 2.45) is 10.9 Å². The molecule has 0 unspecified atom stereocenters. The van der Waals surface area contributed by atoms with E-state index in [1.807, 2.05) is 0 Å². The van der Waals surface area contributed by atoms with Gasteiger partial charge in [-0.15, -0.1) is 0 Å². The van der Waals surface area contributed by atoms with E-state index in [2.05, 4.69) is 44.8 Å². The highest BCUT2D eigenvalue weighted by Gasteiger charge is 1.97. The molecule has 0 atom stereocenters. The van der Waals surface area contributed by atoms with Crippen LogP contribution in [0.4, 0.5) is 0 Å². The van der Waals surface area contributed by atoms with Crippen molar-refractivity contribution >= 4 is 5.84 Å². The SMILES string of the molecule is CCC(=NCCC(C)C)N(C)C. The molecule has 2 heteroatoms. The molecule has 12 heavy (non-hydrogen) atoms. The highest BCUT2D eigenvalue weighted by atomic mass is 15.1. The molecule has 0 saturated carbocycles. The summed E-state index contributed by atoms with van der Waals surface area (Å²) in [5.41, 5.74) is 0. The zero-order valence-electron chi connectivity index (χ0n) is 9.09. The number of hydrogen-bond donors (Lipinski definition) is 0. The summed E-state index contributed by atoms with van der Waals surface area (Å²) in [6, 6.07) is 0. The first-order valence-electron chi connectivity index (χ1n) is 4.78. The van der Waals surface area contributed by atoms with Crippen molar-refractivity contribution in [3.8, 4) is 0 Å². The summed E-state index contributed by atoms with van der Waals surface area (Å²) in [5, 5.41) is 0. The van der Waals surface area contributed by atoms with Crippen molar-refractivity contribution in [3.63, 3.8) is 0 Å². The molecule has 0 aromatic rings. The molecule has 0 heterocycles. The number of nitrogens with zero attached hydrogens (tertiary/aromatic N) is 2. The van der Waals surface area contributed by atoms with E-state index in [0.717, 1.165) is 18.9 Å². The first-order valence-corrected chi connectivity index (χ1v) is 4.78. The lowest BCUT2D eigenvalue weighted by Gasteiger charge is -2.14. The van der Waals surface area contributed by atoms with Gasteiger partial charge < -0.3 is 4.90 Å². The molecule has 0 aliphatic rings. The average molecular weight is 170 g/mol. The van der Waals surface area contributed by atoms with E-state index in [9.17, 15) is 0 Å². The highest BCUT2D eigenvalue weighted by molar-refractivity contribution is 5.81. The zero-order chi connectivity index (χ0) is 9.56. The van der Waals surface area contributed by atoms with E-state index in [1.54, 1.807) is 0 Å². The van der Waals surface area contributed by atoms with Gasteiger partial charge in [-0.1, -0.05) is 20.8 Å². The Morgan fingerprint density at radius 2 is 1.92 bits per heavy atom. The molecular formula is C10H22N2. The first-order chi connectivity index (χ1) is 5.57. The summed E-state index contributed by atoms with van der Waals surface area (Å²) in [5.74, 6) is 1.96. The van der Waals surface area contributed by atoms with Crippen LogP contribution in [-0.4, -0.2) is 31.4 Å². The summed E-state index contributed by atoms with van der Waals surface area (Å²) in [6.45, 7) is 7.58. The van der Waals surface area contributed by atoms with Gasteiger partial charge in [0.15, 0.2) is 0 Å². The average Bonchev–Trinajstić information content (AvgIpc) is 1.96. The van der Waals surface area contributed by atoms with Crippen LogP contribution in [0.1, 0.15) is 33.6 Å². The summed E-state index contributed by atoms with van der Waals surface area (Å²) in [4.78, 5) is 6.62. The van der Waals surface area contributed by atoms with Gasteiger partial charge in [0.05, 0.1) is 5.84 Å². The van der Waals surface area contributed by atoms with Gasteiger partial charge in [0, 0.05) is 27.1 Å². The Bertz CT molecular complexity index is 137. The van der Waals surface area contributed by atoms with Gasteiger partial charge in [0.2, 0.25) is 0 Å². The normalized spacial score (nSPS) is 12.3. The standard InChI is InChI=1S/C10H22N2/c1-6-10(12(4)5)11-8-7-9(2)3/h9H,6-8H2,1-5H3. The number of aliphatic imine (C=N–C) groups is 1. The topological polar surface area (TPSA) is 15.6 Å². The molecule has 0 spiro atoms. The quantitative estimate of drug-likeness (QED) is 0.467. The minimum Gasteiger partial charge on any atom is -0.367 e. The zero-order valence-corrected chi connectivity index (χ0v) is 9.09. The third-order valence-corrected chi connectivity index (χ3v) is 1.83. The van der Waals surface area contributed by atoms with Crippen LogP contribution in [0.25, 0.3) is 0 Å². The van der Waals surface area contributed by atoms with E-state index in [-0.39, 0.29) is 0 Å². The Labute approximate surface area is 76.7 Å². The second-order valence-corrected chi connectivity index (χ2v) is 3.73. The second-order valence-electron chi connectivity index (χ2n) is 3.73. The third-order valence-electron chi connectivity index (χ3n) is 1.83. The monoisotopic (exact) mass is 170 g/mol. The molecule has 0 N–H and O–H groups in total. The van der Waals surface area contributed by atoms with Crippen molar-refractivity contribution < 1.29 is 0 Å². The predicted octanol–water partition coefficient (Wildman–Crippen LogP) is 2.40. The van der Waals surface area contributed by atoms with Gasteiger partial charge in [-0.2, -0.15) is 0 Å². The molecule has 0 aliphatic carbocycles. The van der Waals surface area contributed by atoms with Gasteiger partial charge in [0.1, 0.15) is 0 Å². The molecule has 0 radical (unpaired) electrons. The molecule has 0 aromatic heterocycles. The second kappa shape index (κ2) is 6.04. The fourth-order valence-electron chi connectivity index (χ4n) is 1.02. The van der Waals surface area contributed by atoms with Crippen LogP contribution in [0.5, 0.6) is 0 Å². The maximum atomic E-state index is 4.52. The molecule has 0 rings (SSSR count). The van der Waals surface area contributed by atoms with E-state index < -0.39 is 0 Å². The van der Waals surface area contributed by atoms with Crippen molar-refractivity contribution in [1.29, 1.82) is 0 Å². The lowest BCUT2D eigenvalue weighted by atomic mass is 10.1. The van der Waals surface area contributed by atoms with Crippen molar-refractivity contribution in [3.05, 3.63) is 0 Å². The molecule has 0 bridgehead atoms. The van der Waals surface area contributed by atoms with Gasteiger partial charge in [-0.3, -0.25) is 4.99 Å². The lowest BCUT2D eigenvalue weighted by Crippen LogP contribution is -2.21. The molecule has 2 nitrogen and oxygen atoms in total. The van der Waals surface area contributed by atoms with E-state index >= 15 is 0 Å². The summed E-state index contributed by atoms with van der Waals surface area (Å²) >= 11 is 0. The Kier molecular flexibility index (Phi) is 5.77. The minimum atomic E-state index is 0.758. The van der Waals surface area contributed by atoms with Crippen molar-refractivity contribution in [1.82, 2.24) is 4.90 Å². The van der Waals surface area contributed by atoms with Crippen LogP contribution in [0, 0.1) is 5.92 Å². The van der Waals surface area contributed by atoms with Crippen LogP contribution in [-0.2, 0) is 0 Å². The molecule has 0 saturated heterocycles. The number of hydrogen-bond acceptors (Lipinski definition) is 1. The summed E-state index contributed by atoms with van der Waals surface area (Å²) in [6.07, 6.45) is 2.22. The Morgan fingerprint density at radius 1 is 1.33 bits per heavy atom. The first kappa shape index (κ1) is 11.5. The maximum Gasteiger partial charge on any atom is 0.0980 e. The molecule has 72 valence electrons. The van der Waals surface area contributed by atoms with E-state index in [1.165, 1.54) is 12.3 Å². The van der Waals surface area contributed by atoms with Crippen molar-refractivity contribution in [2.75, 3.05) is 20.6 Å². The maximum absolute atomic E-state index is 4.52. The van der Waals surface area contributed by atoms with Crippen LogP contribution in [0.2, 0.25) is 0 Å². The van der Waals surface area contributed by atoms with E-state index in [4.69, 9.17) is 0 Å². The largest absolute Gasteiger partial charge is 0.367 e. The Morgan fingerprint density at radius 3 is 2.25 bits per heavy atom. The van der Waals surface area contributed by atoms with Gasteiger partial charge in [0.25, 0.3) is 0 Å². The molecule has 0 amide bonds. The Hall–Kier alpha value is -0.530. The predicted molar refractivity (Wildman–Crippen MR) is 55.7 cm³/mol. The molecule has 0 aliphatic heterocycles. The van der Waals surface area contributed by atoms with E-state index in [0.29, 0.717) is 0 Å². The molecule has 0 fully saturated rings. The van der Waals surface area contributed by atoms with Crippen LogP contribution < -0.4 is 0 Å². The van der Waals surface area contributed by atoms with Gasteiger partial charge in [-0.05, 0) is 12.3 Å². The van der Waals surface area contributed by atoms with Gasteiger partial charge >= 0.3 is 0 Å². The third kappa shape index (κ3) is 5.16. The van der Waals surface area contributed by atoms with Crippen LogP contribution in [0.15, 0.2) is 4.99 Å². The molecular weight excluding hydrogens is 148 g/mol.